The molecule has 0 bridgehead atoms. The van der Waals surface area contributed by atoms with Crippen molar-refractivity contribution in [2.24, 2.45) is 4.99 Å². The third-order valence-corrected chi connectivity index (χ3v) is 4.59. The van der Waals surface area contributed by atoms with Gasteiger partial charge in [0.2, 0.25) is 0 Å². The first-order valence-corrected chi connectivity index (χ1v) is 8.72. The van der Waals surface area contributed by atoms with E-state index in [0.717, 1.165) is 37.3 Å². The van der Waals surface area contributed by atoms with Crippen LogP contribution >= 0.6 is 23.6 Å². The fraction of sp³-hybridized carbons (Fsp3) is 0.375. The lowest BCUT2D eigenvalue weighted by Gasteiger charge is -2.10. The predicted molar refractivity (Wildman–Crippen MR) is 93.0 cm³/mol. The number of aromatic nitrogens is 1. The van der Waals surface area contributed by atoms with Gasteiger partial charge < -0.3 is 14.6 Å². The van der Waals surface area contributed by atoms with Crippen LogP contribution in [0.15, 0.2) is 46.9 Å². The first-order valence-electron chi connectivity index (χ1n) is 7.43. The lowest BCUT2D eigenvalue weighted by Crippen LogP contribution is -2.31. The summed E-state index contributed by atoms with van der Waals surface area (Å²) in [6.07, 6.45) is 4.55. The van der Waals surface area contributed by atoms with Gasteiger partial charge in [0, 0.05) is 31.3 Å². The zero-order valence-electron chi connectivity index (χ0n) is 12.3. The quantitative estimate of drug-likeness (QED) is 0.874. The van der Waals surface area contributed by atoms with E-state index >= 15 is 0 Å². The predicted octanol–water partition coefficient (Wildman–Crippen LogP) is 2.55. The highest BCUT2D eigenvalue weighted by Gasteiger charge is 2.15. The maximum absolute atomic E-state index is 5.57. The highest BCUT2D eigenvalue weighted by atomic mass is 32.1. The Labute approximate surface area is 139 Å². The summed E-state index contributed by atoms with van der Waals surface area (Å²) in [5.41, 5.74) is 1.25. The van der Waals surface area contributed by atoms with Crippen LogP contribution in [0.4, 0.5) is 0 Å². The Balaban J connectivity index is 1.63. The molecular weight excluding hydrogens is 314 g/mol. The molecule has 3 rings (SSSR count). The van der Waals surface area contributed by atoms with E-state index in [1.54, 1.807) is 11.3 Å². The topological polar surface area (TPSA) is 38.5 Å². The molecule has 1 N–H and O–H groups in total. The van der Waals surface area contributed by atoms with Crippen molar-refractivity contribution in [3.8, 4) is 0 Å². The van der Waals surface area contributed by atoms with Crippen LogP contribution in [0.3, 0.4) is 0 Å². The zero-order valence-corrected chi connectivity index (χ0v) is 13.9. The van der Waals surface area contributed by atoms with Gasteiger partial charge in [-0.1, -0.05) is 30.3 Å². The van der Waals surface area contributed by atoms with Crippen molar-refractivity contribution in [3.63, 3.8) is 0 Å². The van der Waals surface area contributed by atoms with E-state index in [1.807, 2.05) is 29.8 Å². The molecule has 1 aromatic carbocycles. The molecule has 1 fully saturated rings. The van der Waals surface area contributed by atoms with Gasteiger partial charge in [-0.25, -0.2) is 0 Å². The Morgan fingerprint density at radius 1 is 1.41 bits per heavy atom. The Morgan fingerprint density at radius 3 is 3.05 bits per heavy atom. The van der Waals surface area contributed by atoms with Crippen LogP contribution in [0.1, 0.15) is 18.4 Å². The molecule has 1 aliphatic heterocycles. The molecule has 0 aliphatic carbocycles. The van der Waals surface area contributed by atoms with Crippen LogP contribution < -0.4 is 10.1 Å². The number of nitrogens with zero attached hydrogens (tertiary/aromatic N) is 2. The lowest BCUT2D eigenvalue weighted by atomic mass is 10.2. The Morgan fingerprint density at radius 2 is 2.27 bits per heavy atom. The van der Waals surface area contributed by atoms with Crippen LogP contribution in [0, 0.1) is 0 Å². The second kappa shape index (κ2) is 7.67. The van der Waals surface area contributed by atoms with Crippen molar-refractivity contribution in [2.45, 2.75) is 25.5 Å². The van der Waals surface area contributed by atoms with Gasteiger partial charge in [0.05, 0.1) is 6.10 Å². The summed E-state index contributed by atoms with van der Waals surface area (Å²) in [5, 5.41) is 5.75. The monoisotopic (exact) mass is 333 g/mol. The van der Waals surface area contributed by atoms with Gasteiger partial charge in [-0.3, -0.25) is 0 Å². The molecule has 0 saturated carbocycles. The molecule has 6 heteroatoms. The van der Waals surface area contributed by atoms with E-state index < -0.39 is 0 Å². The molecule has 116 valence electrons. The molecule has 4 nitrogen and oxygen atoms in total. The van der Waals surface area contributed by atoms with Crippen LogP contribution in [0.2, 0.25) is 0 Å². The van der Waals surface area contributed by atoms with E-state index in [9.17, 15) is 0 Å². The molecule has 0 radical (unpaired) electrons. The van der Waals surface area contributed by atoms with E-state index in [1.165, 1.54) is 5.56 Å². The van der Waals surface area contributed by atoms with Crippen molar-refractivity contribution in [1.82, 2.24) is 9.88 Å². The van der Waals surface area contributed by atoms with Crippen LogP contribution in [0.25, 0.3) is 0 Å². The Kier molecular flexibility index (Phi) is 5.37. The zero-order chi connectivity index (χ0) is 15.2. The van der Waals surface area contributed by atoms with Gasteiger partial charge in [-0.15, -0.1) is 11.3 Å². The maximum atomic E-state index is 5.57. The second-order valence-corrected chi connectivity index (χ2v) is 6.49. The molecule has 1 aromatic heterocycles. The molecule has 0 unspecified atom stereocenters. The number of thiazole rings is 1. The fourth-order valence-corrected chi connectivity index (χ4v) is 3.38. The van der Waals surface area contributed by atoms with Crippen LogP contribution in [-0.2, 0) is 11.3 Å². The number of benzene rings is 1. The SMILES string of the molecule is S=C(N=c1sccn1Cc1ccccc1)NC[C@@H]1CCCO1. The first-order chi connectivity index (χ1) is 10.8. The first kappa shape index (κ1) is 15.4. The minimum absolute atomic E-state index is 0.271. The van der Waals surface area contributed by atoms with E-state index in [-0.39, 0.29) is 6.10 Å². The summed E-state index contributed by atoms with van der Waals surface area (Å²) >= 11 is 6.91. The number of ether oxygens (including phenoxy) is 1. The second-order valence-electron chi connectivity index (χ2n) is 5.23. The average molecular weight is 333 g/mol. The van der Waals surface area contributed by atoms with Gasteiger partial charge in [-0.05, 0) is 30.6 Å². The standard InChI is InChI=1S/C16H19N3OS2/c21-15(17-11-14-7-4-9-20-14)18-16-19(8-10-22-16)12-13-5-2-1-3-6-13/h1-3,5-6,8,10,14H,4,7,9,11-12H2,(H,17,21)/t14-/m0/s1. The van der Waals surface area contributed by atoms with Crippen molar-refractivity contribution >= 4 is 28.7 Å². The molecule has 2 aromatic rings. The van der Waals surface area contributed by atoms with Gasteiger partial charge in [0.15, 0.2) is 9.91 Å². The number of hydrogen-bond acceptors (Lipinski definition) is 3. The summed E-state index contributed by atoms with van der Waals surface area (Å²) in [7, 11) is 0. The van der Waals surface area contributed by atoms with E-state index in [0.29, 0.717) is 5.11 Å². The molecule has 22 heavy (non-hydrogen) atoms. The molecule has 0 amide bonds. The van der Waals surface area contributed by atoms with Crippen molar-refractivity contribution in [2.75, 3.05) is 13.2 Å². The largest absolute Gasteiger partial charge is 0.376 e. The van der Waals surface area contributed by atoms with Crippen LogP contribution in [0.5, 0.6) is 0 Å². The normalized spacial score (nSPS) is 18.5. The minimum Gasteiger partial charge on any atom is -0.376 e. The van der Waals surface area contributed by atoms with Crippen molar-refractivity contribution in [1.29, 1.82) is 0 Å². The number of thiocarbonyl (C=S) groups is 1. The Hall–Kier alpha value is -1.50. The van der Waals surface area contributed by atoms with E-state index in [4.69, 9.17) is 17.0 Å². The summed E-state index contributed by atoms with van der Waals surface area (Å²) in [6.45, 7) is 2.40. The molecule has 2 heterocycles. The number of rotatable bonds is 4. The molecule has 0 spiro atoms. The van der Waals surface area contributed by atoms with Gasteiger partial charge in [0.1, 0.15) is 0 Å². The molecule has 1 atom stereocenters. The minimum atomic E-state index is 0.271. The molecular formula is C16H19N3OS2. The number of nitrogens with one attached hydrogen (secondary N) is 1. The van der Waals surface area contributed by atoms with Gasteiger partial charge in [0.25, 0.3) is 0 Å². The van der Waals surface area contributed by atoms with Gasteiger partial charge >= 0.3 is 0 Å². The third kappa shape index (κ3) is 4.25. The fourth-order valence-electron chi connectivity index (χ4n) is 2.42. The molecule has 1 aliphatic rings. The summed E-state index contributed by atoms with van der Waals surface area (Å²) in [5.74, 6) is 0. The summed E-state index contributed by atoms with van der Waals surface area (Å²) < 4.78 is 7.69. The third-order valence-electron chi connectivity index (χ3n) is 3.56. The highest BCUT2D eigenvalue weighted by molar-refractivity contribution is 7.80. The number of hydrogen-bond donors (Lipinski definition) is 1. The van der Waals surface area contributed by atoms with Gasteiger partial charge in [-0.2, -0.15) is 4.99 Å². The maximum Gasteiger partial charge on any atom is 0.195 e. The smallest absolute Gasteiger partial charge is 0.195 e. The average Bonchev–Trinajstić information content (AvgIpc) is 3.19. The summed E-state index contributed by atoms with van der Waals surface area (Å²) in [6, 6.07) is 10.3. The van der Waals surface area contributed by atoms with Crippen molar-refractivity contribution in [3.05, 3.63) is 52.3 Å². The Bertz CT molecular complexity index is 672. The highest BCUT2D eigenvalue weighted by Crippen LogP contribution is 2.10. The van der Waals surface area contributed by atoms with Crippen molar-refractivity contribution < 1.29 is 4.74 Å². The summed E-state index contributed by atoms with van der Waals surface area (Å²) in [4.78, 5) is 5.43. The lowest BCUT2D eigenvalue weighted by molar-refractivity contribution is 0.114. The molecule has 1 saturated heterocycles. The van der Waals surface area contributed by atoms with Crippen LogP contribution in [-0.4, -0.2) is 28.9 Å². The van der Waals surface area contributed by atoms with E-state index in [2.05, 4.69) is 27.0 Å².